The number of hydrogen-bond acceptors (Lipinski definition) is 3. The molecule has 1 atom stereocenters. The van der Waals surface area contributed by atoms with E-state index in [2.05, 4.69) is 5.32 Å². The summed E-state index contributed by atoms with van der Waals surface area (Å²) in [5.41, 5.74) is 0.203. The highest BCUT2D eigenvalue weighted by Crippen LogP contribution is 2.33. The van der Waals surface area contributed by atoms with Crippen molar-refractivity contribution in [1.82, 2.24) is 9.88 Å². The van der Waals surface area contributed by atoms with Crippen LogP contribution in [0, 0.1) is 12.7 Å². The number of nitrogens with zero attached hydrogens (tertiary/aromatic N) is 1. The molecular weight excluding hydrogens is 440 g/mol. The van der Waals surface area contributed by atoms with Crippen LogP contribution in [0.3, 0.4) is 0 Å². The van der Waals surface area contributed by atoms with Gasteiger partial charge >= 0.3 is 6.18 Å². The van der Waals surface area contributed by atoms with Crippen LogP contribution in [0.2, 0.25) is 0 Å². The van der Waals surface area contributed by atoms with E-state index in [1.165, 1.54) is 17.7 Å². The summed E-state index contributed by atoms with van der Waals surface area (Å²) in [4.78, 5) is 25.8. The molecule has 33 heavy (non-hydrogen) atoms. The molecule has 0 fully saturated rings. The SMILES string of the molecule is CCC(C)NC(=O)Cc1c(C)n(C(=O)c2ccc(C(F)(F)F)cc2)c2cc(F)c(OC)cc12. The van der Waals surface area contributed by atoms with E-state index in [0.29, 0.717) is 16.6 Å². The average Bonchev–Trinajstić information content (AvgIpc) is 3.02. The molecule has 2 aromatic carbocycles. The number of ether oxygens (including phenoxy) is 1. The Labute approximate surface area is 188 Å². The van der Waals surface area contributed by atoms with Gasteiger partial charge in [0, 0.05) is 28.8 Å². The van der Waals surface area contributed by atoms with Crippen molar-refractivity contribution >= 4 is 22.7 Å². The zero-order chi connectivity index (χ0) is 24.5. The van der Waals surface area contributed by atoms with Crippen molar-refractivity contribution in [3.8, 4) is 5.75 Å². The molecule has 1 unspecified atom stereocenters. The zero-order valence-corrected chi connectivity index (χ0v) is 18.6. The molecule has 0 aliphatic rings. The number of nitrogens with one attached hydrogen (secondary N) is 1. The van der Waals surface area contributed by atoms with Gasteiger partial charge in [0.05, 0.1) is 24.6 Å². The number of benzene rings is 2. The van der Waals surface area contributed by atoms with Crippen molar-refractivity contribution in [2.45, 2.75) is 45.8 Å². The van der Waals surface area contributed by atoms with Gasteiger partial charge in [-0.3, -0.25) is 14.2 Å². The van der Waals surface area contributed by atoms with Crippen LogP contribution in [0.1, 0.15) is 47.4 Å². The van der Waals surface area contributed by atoms with Crippen molar-refractivity contribution < 1.29 is 31.9 Å². The number of methoxy groups -OCH3 is 1. The van der Waals surface area contributed by atoms with Gasteiger partial charge in [-0.15, -0.1) is 0 Å². The molecule has 1 amide bonds. The van der Waals surface area contributed by atoms with Crippen molar-refractivity contribution in [2.75, 3.05) is 7.11 Å². The van der Waals surface area contributed by atoms with Crippen molar-refractivity contribution in [3.63, 3.8) is 0 Å². The van der Waals surface area contributed by atoms with Gasteiger partial charge in [0.1, 0.15) is 0 Å². The van der Waals surface area contributed by atoms with Gasteiger partial charge in [0.25, 0.3) is 5.91 Å². The summed E-state index contributed by atoms with van der Waals surface area (Å²) in [6.45, 7) is 5.40. The monoisotopic (exact) mass is 464 g/mol. The number of alkyl halides is 3. The Kier molecular flexibility index (Phi) is 6.81. The molecule has 1 N–H and O–H groups in total. The van der Waals surface area contributed by atoms with E-state index < -0.39 is 23.5 Å². The van der Waals surface area contributed by atoms with Crippen molar-refractivity contribution in [1.29, 1.82) is 0 Å². The fourth-order valence-electron chi connectivity index (χ4n) is 3.64. The summed E-state index contributed by atoms with van der Waals surface area (Å²) in [7, 11) is 1.30. The first-order valence-corrected chi connectivity index (χ1v) is 10.4. The van der Waals surface area contributed by atoms with E-state index in [1.807, 2.05) is 13.8 Å². The van der Waals surface area contributed by atoms with Crippen molar-refractivity contribution in [3.05, 3.63) is 64.6 Å². The molecule has 0 bridgehead atoms. The number of amides is 1. The molecule has 0 radical (unpaired) electrons. The lowest BCUT2D eigenvalue weighted by Crippen LogP contribution is -2.33. The Morgan fingerprint density at radius 2 is 1.79 bits per heavy atom. The van der Waals surface area contributed by atoms with Gasteiger partial charge in [-0.2, -0.15) is 13.2 Å². The highest BCUT2D eigenvalue weighted by molar-refractivity contribution is 6.05. The van der Waals surface area contributed by atoms with Crippen molar-refractivity contribution in [2.24, 2.45) is 0 Å². The minimum absolute atomic E-state index is 0.00478. The maximum Gasteiger partial charge on any atom is 0.416 e. The number of rotatable bonds is 6. The van der Waals surface area contributed by atoms with Crippen LogP contribution in [0.15, 0.2) is 36.4 Å². The van der Waals surface area contributed by atoms with Crippen LogP contribution in [0.4, 0.5) is 17.6 Å². The molecule has 1 heterocycles. The molecule has 3 aromatic rings. The summed E-state index contributed by atoms with van der Waals surface area (Å²) >= 11 is 0. The van der Waals surface area contributed by atoms with Gasteiger partial charge in [0.2, 0.25) is 5.91 Å². The topological polar surface area (TPSA) is 60.3 Å². The van der Waals surface area contributed by atoms with Crippen LogP contribution < -0.4 is 10.1 Å². The molecule has 9 heteroatoms. The molecular formula is C24H24F4N2O3. The minimum atomic E-state index is -4.53. The predicted octanol–water partition coefficient (Wildman–Crippen LogP) is 5.26. The number of fused-ring (bicyclic) bond motifs is 1. The Morgan fingerprint density at radius 1 is 1.15 bits per heavy atom. The number of aromatic nitrogens is 1. The van der Waals surface area contributed by atoms with E-state index in [4.69, 9.17) is 4.74 Å². The van der Waals surface area contributed by atoms with E-state index in [0.717, 1.165) is 36.8 Å². The average molecular weight is 464 g/mol. The zero-order valence-electron chi connectivity index (χ0n) is 18.6. The van der Waals surface area contributed by atoms with E-state index in [1.54, 1.807) is 6.92 Å². The molecule has 0 aliphatic heterocycles. The number of halogens is 4. The smallest absolute Gasteiger partial charge is 0.416 e. The Morgan fingerprint density at radius 3 is 2.33 bits per heavy atom. The lowest BCUT2D eigenvalue weighted by molar-refractivity contribution is -0.137. The fourth-order valence-corrected chi connectivity index (χ4v) is 3.64. The second-order valence-electron chi connectivity index (χ2n) is 7.84. The molecule has 3 rings (SSSR count). The minimum Gasteiger partial charge on any atom is -0.494 e. The standard InChI is InChI=1S/C24H24F4N2O3/c1-5-13(2)29-22(31)11-17-14(3)30(20-12-19(25)21(33-4)10-18(17)20)23(32)15-6-8-16(9-7-15)24(26,27)28/h6-10,12-13H,5,11H2,1-4H3,(H,29,31). The van der Waals surface area contributed by atoms with E-state index in [9.17, 15) is 27.2 Å². The maximum atomic E-state index is 14.5. The Bertz CT molecular complexity index is 1200. The Balaban J connectivity index is 2.13. The number of hydrogen-bond donors (Lipinski definition) is 1. The van der Waals surface area contributed by atoms with Crippen LogP contribution in [-0.4, -0.2) is 29.5 Å². The second-order valence-corrected chi connectivity index (χ2v) is 7.84. The molecule has 0 saturated carbocycles. The van der Waals surface area contributed by atoms with Gasteiger partial charge in [-0.25, -0.2) is 4.39 Å². The van der Waals surface area contributed by atoms with Gasteiger partial charge in [-0.1, -0.05) is 6.92 Å². The molecule has 1 aromatic heterocycles. The maximum absolute atomic E-state index is 14.5. The van der Waals surface area contributed by atoms with Crippen LogP contribution in [-0.2, 0) is 17.4 Å². The summed E-state index contributed by atoms with van der Waals surface area (Å²) in [6, 6.07) is 6.28. The molecule has 0 saturated heterocycles. The second kappa shape index (κ2) is 9.25. The largest absolute Gasteiger partial charge is 0.494 e. The Hall–Kier alpha value is -3.36. The van der Waals surface area contributed by atoms with Gasteiger partial charge in [0.15, 0.2) is 11.6 Å². The van der Waals surface area contributed by atoms with E-state index in [-0.39, 0.29) is 35.2 Å². The summed E-state index contributed by atoms with van der Waals surface area (Å²) in [6.07, 6.45) is -3.86. The lowest BCUT2D eigenvalue weighted by Gasteiger charge is -2.12. The van der Waals surface area contributed by atoms with E-state index >= 15 is 0 Å². The fraction of sp³-hybridized carbons (Fsp3) is 0.333. The van der Waals surface area contributed by atoms with Crippen LogP contribution >= 0.6 is 0 Å². The third-order valence-electron chi connectivity index (χ3n) is 5.63. The summed E-state index contributed by atoms with van der Waals surface area (Å²) < 4.78 is 59.5. The van der Waals surface area contributed by atoms with Gasteiger partial charge in [-0.05, 0) is 56.2 Å². The predicted molar refractivity (Wildman–Crippen MR) is 116 cm³/mol. The highest BCUT2D eigenvalue weighted by atomic mass is 19.4. The molecule has 5 nitrogen and oxygen atoms in total. The molecule has 176 valence electrons. The highest BCUT2D eigenvalue weighted by Gasteiger charge is 2.30. The number of carbonyl (C=O) groups excluding carboxylic acids is 2. The normalized spacial score (nSPS) is 12.6. The molecule has 0 aliphatic carbocycles. The first-order valence-electron chi connectivity index (χ1n) is 10.4. The lowest BCUT2D eigenvalue weighted by atomic mass is 10.1. The van der Waals surface area contributed by atoms with Crippen LogP contribution in [0.5, 0.6) is 5.75 Å². The van der Waals surface area contributed by atoms with Crippen LogP contribution in [0.25, 0.3) is 10.9 Å². The third-order valence-corrected chi connectivity index (χ3v) is 5.63. The first kappa shape index (κ1) is 24.3. The van der Waals surface area contributed by atoms with Gasteiger partial charge < -0.3 is 10.1 Å². The quantitative estimate of drug-likeness (QED) is 0.506. The molecule has 0 spiro atoms. The summed E-state index contributed by atoms with van der Waals surface area (Å²) in [5.74, 6) is -1.66. The first-order chi connectivity index (χ1) is 15.5. The summed E-state index contributed by atoms with van der Waals surface area (Å²) in [5, 5.41) is 3.30. The third kappa shape index (κ3) is 4.86. The number of carbonyl (C=O) groups is 2.